The lowest BCUT2D eigenvalue weighted by Crippen LogP contribution is -2.22. The van der Waals surface area contributed by atoms with E-state index in [0.29, 0.717) is 0 Å². The number of likely N-dealkylation sites (N-methyl/N-ethyl adjacent to an activating group) is 1. The number of nitrogens with zero attached hydrogens (tertiary/aromatic N) is 2. The molecule has 0 aliphatic carbocycles. The molecule has 1 aromatic heterocycles. The van der Waals surface area contributed by atoms with Crippen molar-refractivity contribution in [2.24, 2.45) is 7.05 Å². The van der Waals surface area contributed by atoms with Gasteiger partial charge >= 0.3 is 0 Å². The molecular formula is C15H21N3O2. The first-order valence-corrected chi connectivity index (χ1v) is 6.56. The van der Waals surface area contributed by atoms with Crippen LogP contribution in [0.4, 0.5) is 0 Å². The van der Waals surface area contributed by atoms with Crippen molar-refractivity contribution in [3.8, 4) is 11.5 Å². The van der Waals surface area contributed by atoms with Gasteiger partial charge in [0.1, 0.15) is 5.75 Å². The predicted molar refractivity (Wildman–Crippen MR) is 78.3 cm³/mol. The number of ether oxygens (including phenoxy) is 2. The molecule has 0 saturated heterocycles. The molecule has 0 radical (unpaired) electrons. The molecule has 20 heavy (non-hydrogen) atoms. The first-order chi connectivity index (χ1) is 9.71. The first-order valence-electron chi connectivity index (χ1n) is 6.56. The minimum absolute atomic E-state index is 0.105. The van der Waals surface area contributed by atoms with Crippen LogP contribution in [-0.4, -0.2) is 31.0 Å². The topological polar surface area (TPSA) is 48.3 Å². The van der Waals surface area contributed by atoms with Crippen LogP contribution in [0.25, 0.3) is 0 Å². The van der Waals surface area contributed by atoms with Crippen molar-refractivity contribution in [1.82, 2.24) is 15.1 Å². The van der Waals surface area contributed by atoms with Gasteiger partial charge in [0, 0.05) is 7.05 Å². The van der Waals surface area contributed by atoms with Crippen LogP contribution >= 0.6 is 0 Å². The Balaban J connectivity index is 2.31. The smallest absolute Gasteiger partial charge is 0.161 e. The molecule has 5 nitrogen and oxygen atoms in total. The molecule has 0 fully saturated rings. The van der Waals surface area contributed by atoms with Crippen LogP contribution in [0.1, 0.15) is 17.3 Å². The summed E-state index contributed by atoms with van der Waals surface area (Å²) in [6.07, 6.45) is 2.54. The molecule has 5 heteroatoms. The fraction of sp³-hybridized carbons (Fsp3) is 0.400. The first kappa shape index (κ1) is 14.4. The largest absolute Gasteiger partial charge is 0.496 e. The van der Waals surface area contributed by atoms with E-state index in [0.717, 1.165) is 29.2 Å². The fourth-order valence-electron chi connectivity index (χ4n) is 2.41. The number of aryl methyl sites for hydroxylation is 1. The lowest BCUT2D eigenvalue weighted by Gasteiger charge is -2.19. The molecule has 0 aliphatic heterocycles. The zero-order valence-corrected chi connectivity index (χ0v) is 12.4. The maximum atomic E-state index is 5.41. The second kappa shape index (κ2) is 6.43. The molecule has 108 valence electrons. The Morgan fingerprint density at radius 2 is 1.90 bits per heavy atom. The molecule has 2 aromatic rings. The predicted octanol–water partition coefficient (Wildman–Crippen LogP) is 1.94. The number of hydrogen-bond acceptors (Lipinski definition) is 4. The number of rotatable bonds is 6. The van der Waals surface area contributed by atoms with Crippen LogP contribution in [0, 0.1) is 0 Å². The summed E-state index contributed by atoms with van der Waals surface area (Å²) in [4.78, 5) is 0. The summed E-state index contributed by atoms with van der Waals surface area (Å²) < 4.78 is 12.6. The zero-order valence-electron chi connectivity index (χ0n) is 12.4. The molecule has 0 bridgehead atoms. The summed E-state index contributed by atoms with van der Waals surface area (Å²) in [5.74, 6) is 1.69. The van der Waals surface area contributed by atoms with Gasteiger partial charge in [-0.25, -0.2) is 0 Å². The van der Waals surface area contributed by atoms with Gasteiger partial charge in [-0.15, -0.1) is 0 Å². The zero-order chi connectivity index (χ0) is 14.5. The summed E-state index contributed by atoms with van der Waals surface area (Å²) in [6, 6.07) is 8.15. The number of methoxy groups -OCH3 is 2. The Hall–Kier alpha value is -2.01. The molecule has 0 saturated carbocycles. The van der Waals surface area contributed by atoms with E-state index in [1.807, 2.05) is 37.0 Å². The van der Waals surface area contributed by atoms with Gasteiger partial charge in [-0.1, -0.05) is 18.2 Å². The van der Waals surface area contributed by atoms with Gasteiger partial charge in [0.05, 0.1) is 32.2 Å². The van der Waals surface area contributed by atoms with Crippen LogP contribution in [0.5, 0.6) is 11.5 Å². The summed E-state index contributed by atoms with van der Waals surface area (Å²) >= 11 is 0. The second-order valence-corrected chi connectivity index (χ2v) is 4.58. The Kier molecular flexibility index (Phi) is 4.63. The Morgan fingerprint density at radius 3 is 2.55 bits per heavy atom. The van der Waals surface area contributed by atoms with Crippen molar-refractivity contribution in [2.45, 2.75) is 12.5 Å². The number of benzene rings is 1. The van der Waals surface area contributed by atoms with Gasteiger partial charge < -0.3 is 14.8 Å². The van der Waals surface area contributed by atoms with Crippen LogP contribution < -0.4 is 14.8 Å². The highest BCUT2D eigenvalue weighted by Gasteiger charge is 2.20. The highest BCUT2D eigenvalue weighted by Crippen LogP contribution is 2.29. The number of hydrogen-bond donors (Lipinski definition) is 1. The summed E-state index contributed by atoms with van der Waals surface area (Å²) in [5, 5.41) is 7.58. The van der Waals surface area contributed by atoms with E-state index in [1.54, 1.807) is 20.4 Å². The van der Waals surface area contributed by atoms with Gasteiger partial charge in [-0.05, 0) is 25.1 Å². The summed E-state index contributed by atoms with van der Waals surface area (Å²) in [6.45, 7) is 0. The molecule has 1 N–H and O–H groups in total. The van der Waals surface area contributed by atoms with Crippen molar-refractivity contribution in [1.29, 1.82) is 0 Å². The average molecular weight is 275 g/mol. The number of para-hydroxylation sites is 1. The minimum Gasteiger partial charge on any atom is -0.496 e. The van der Waals surface area contributed by atoms with E-state index in [1.165, 1.54) is 0 Å². The maximum Gasteiger partial charge on any atom is 0.161 e. The van der Waals surface area contributed by atoms with E-state index in [4.69, 9.17) is 9.47 Å². The van der Waals surface area contributed by atoms with Crippen LogP contribution in [0.3, 0.4) is 0 Å². The molecule has 1 unspecified atom stereocenters. The van der Waals surface area contributed by atoms with Gasteiger partial charge in [-0.2, -0.15) is 5.10 Å². The van der Waals surface area contributed by atoms with Crippen molar-refractivity contribution in [2.75, 3.05) is 21.3 Å². The molecule has 2 rings (SSSR count). The Morgan fingerprint density at radius 1 is 1.20 bits per heavy atom. The number of aromatic nitrogens is 2. The summed E-state index contributed by atoms with van der Waals surface area (Å²) in [5.41, 5.74) is 2.18. The van der Waals surface area contributed by atoms with Crippen molar-refractivity contribution in [3.63, 3.8) is 0 Å². The third-order valence-electron chi connectivity index (χ3n) is 3.46. The molecule has 0 spiro atoms. The monoisotopic (exact) mass is 275 g/mol. The van der Waals surface area contributed by atoms with Gasteiger partial charge in [-0.3, -0.25) is 4.68 Å². The van der Waals surface area contributed by atoms with Crippen LogP contribution in [-0.2, 0) is 13.5 Å². The molecule has 1 heterocycles. The highest BCUT2D eigenvalue weighted by molar-refractivity contribution is 5.36. The second-order valence-electron chi connectivity index (χ2n) is 4.58. The SMILES string of the molecule is CNC(Cc1ccccc1OC)c1c(OC)cnn1C. The Labute approximate surface area is 119 Å². The van der Waals surface area contributed by atoms with Crippen molar-refractivity contribution in [3.05, 3.63) is 41.7 Å². The lowest BCUT2D eigenvalue weighted by molar-refractivity contribution is 0.391. The normalized spacial score (nSPS) is 12.2. The van der Waals surface area contributed by atoms with Gasteiger partial charge in [0.25, 0.3) is 0 Å². The molecule has 0 aliphatic rings. The van der Waals surface area contributed by atoms with E-state index >= 15 is 0 Å². The van der Waals surface area contributed by atoms with Crippen molar-refractivity contribution >= 4 is 0 Å². The highest BCUT2D eigenvalue weighted by atomic mass is 16.5. The molecule has 1 atom stereocenters. The Bertz CT molecular complexity index is 566. The van der Waals surface area contributed by atoms with E-state index in [2.05, 4.69) is 16.5 Å². The van der Waals surface area contributed by atoms with Crippen LogP contribution in [0.2, 0.25) is 0 Å². The van der Waals surface area contributed by atoms with E-state index < -0.39 is 0 Å². The quantitative estimate of drug-likeness (QED) is 0.875. The molecular weight excluding hydrogens is 254 g/mol. The lowest BCUT2D eigenvalue weighted by atomic mass is 10.0. The van der Waals surface area contributed by atoms with Crippen LogP contribution in [0.15, 0.2) is 30.5 Å². The number of nitrogens with one attached hydrogen (secondary N) is 1. The summed E-state index contributed by atoms with van der Waals surface area (Å²) in [7, 11) is 7.21. The standard InChI is InChI=1S/C15H21N3O2/c1-16-12(15-14(20-4)10-17-18(15)2)9-11-7-5-6-8-13(11)19-3/h5-8,10,12,16H,9H2,1-4H3. The van der Waals surface area contributed by atoms with E-state index in [-0.39, 0.29) is 6.04 Å². The third-order valence-corrected chi connectivity index (χ3v) is 3.46. The van der Waals surface area contributed by atoms with Crippen molar-refractivity contribution < 1.29 is 9.47 Å². The maximum absolute atomic E-state index is 5.41. The fourth-order valence-corrected chi connectivity index (χ4v) is 2.41. The van der Waals surface area contributed by atoms with Gasteiger partial charge in [0.2, 0.25) is 0 Å². The molecule has 1 aromatic carbocycles. The average Bonchev–Trinajstić information content (AvgIpc) is 2.86. The van der Waals surface area contributed by atoms with E-state index in [9.17, 15) is 0 Å². The third kappa shape index (κ3) is 2.77. The van der Waals surface area contributed by atoms with Gasteiger partial charge in [0.15, 0.2) is 5.75 Å². The minimum atomic E-state index is 0.105. The molecule has 0 amide bonds.